The molecule has 434 valence electrons. The van der Waals surface area contributed by atoms with E-state index >= 15 is 0 Å². The second-order valence-corrected chi connectivity index (χ2v) is 22.4. The minimum Gasteiger partial charge on any atom is -0.462 e. The summed E-state index contributed by atoms with van der Waals surface area (Å²) in [5, 5.41) is 0. The second kappa shape index (κ2) is 63.2. The molecule has 6 nitrogen and oxygen atoms in total. The average molecular weight is 1040 g/mol. The van der Waals surface area contributed by atoms with Crippen molar-refractivity contribution in [3.8, 4) is 0 Å². The number of unbranched alkanes of at least 4 members (excludes halogenated alkanes) is 44. The van der Waals surface area contributed by atoms with E-state index in [-0.39, 0.29) is 31.1 Å². The predicted molar refractivity (Wildman–Crippen MR) is 321 cm³/mol. The van der Waals surface area contributed by atoms with Gasteiger partial charge in [0, 0.05) is 19.3 Å². The Labute approximate surface area is 461 Å². The lowest BCUT2D eigenvalue weighted by atomic mass is 10.0. The van der Waals surface area contributed by atoms with Crippen LogP contribution in [0.1, 0.15) is 361 Å². The quantitative estimate of drug-likeness (QED) is 0.0261. The van der Waals surface area contributed by atoms with Crippen LogP contribution in [0.4, 0.5) is 0 Å². The summed E-state index contributed by atoms with van der Waals surface area (Å²) in [6.07, 6.45) is 77.3. The van der Waals surface area contributed by atoms with E-state index in [0.29, 0.717) is 19.3 Å². The largest absolute Gasteiger partial charge is 0.462 e. The molecule has 1 unspecified atom stereocenters. The first-order valence-electron chi connectivity index (χ1n) is 33.0. The molecule has 0 aliphatic rings. The molecular weight excluding hydrogens is 913 g/mol. The molecule has 1 atom stereocenters. The summed E-state index contributed by atoms with van der Waals surface area (Å²) < 4.78 is 16.9. The molecule has 0 aromatic heterocycles. The fourth-order valence-corrected chi connectivity index (χ4v) is 9.84. The third-order valence-corrected chi connectivity index (χ3v) is 14.8. The number of ether oxygens (including phenoxy) is 3. The van der Waals surface area contributed by atoms with Crippen LogP contribution >= 0.6 is 0 Å². The molecule has 0 rings (SSSR count). The van der Waals surface area contributed by atoms with Crippen molar-refractivity contribution in [2.24, 2.45) is 0 Å². The molecule has 0 amide bonds. The highest BCUT2D eigenvalue weighted by molar-refractivity contribution is 5.71. The summed E-state index contributed by atoms with van der Waals surface area (Å²) in [4.78, 5) is 38.3. The normalized spacial score (nSPS) is 12.2. The highest BCUT2D eigenvalue weighted by atomic mass is 16.6. The molecule has 74 heavy (non-hydrogen) atoms. The van der Waals surface area contributed by atoms with Crippen LogP contribution in [-0.2, 0) is 28.6 Å². The lowest BCUT2D eigenvalue weighted by Crippen LogP contribution is -2.30. The van der Waals surface area contributed by atoms with Gasteiger partial charge in [-0.25, -0.2) is 0 Å². The molecule has 0 spiro atoms. The number of hydrogen-bond donors (Lipinski definition) is 0. The molecular formula is C68H126O6. The fourth-order valence-electron chi connectivity index (χ4n) is 9.84. The van der Waals surface area contributed by atoms with Crippen molar-refractivity contribution in [3.05, 3.63) is 36.5 Å². The Kier molecular flexibility index (Phi) is 61.1. The summed E-state index contributed by atoms with van der Waals surface area (Å²) in [6, 6.07) is 0. The fraction of sp³-hybridized carbons (Fsp3) is 0.868. The molecule has 0 aromatic carbocycles. The van der Waals surface area contributed by atoms with E-state index in [1.807, 2.05) is 0 Å². The molecule has 0 N–H and O–H groups in total. The van der Waals surface area contributed by atoms with Gasteiger partial charge in [0.1, 0.15) is 13.2 Å². The number of carbonyl (C=O) groups is 3. The van der Waals surface area contributed by atoms with E-state index in [1.165, 1.54) is 257 Å². The van der Waals surface area contributed by atoms with Crippen molar-refractivity contribution in [1.82, 2.24) is 0 Å². The van der Waals surface area contributed by atoms with E-state index in [9.17, 15) is 14.4 Å². The van der Waals surface area contributed by atoms with Crippen LogP contribution in [0.2, 0.25) is 0 Å². The molecule has 0 aliphatic carbocycles. The molecule has 0 saturated heterocycles. The maximum Gasteiger partial charge on any atom is 0.306 e. The van der Waals surface area contributed by atoms with Gasteiger partial charge < -0.3 is 14.2 Å². The first-order valence-corrected chi connectivity index (χ1v) is 33.0. The number of hydrogen-bond acceptors (Lipinski definition) is 6. The number of esters is 3. The van der Waals surface area contributed by atoms with Gasteiger partial charge in [0.05, 0.1) is 0 Å². The van der Waals surface area contributed by atoms with E-state index in [4.69, 9.17) is 14.2 Å². The molecule has 0 radical (unpaired) electrons. The molecule has 0 heterocycles. The first-order chi connectivity index (χ1) is 36.5. The van der Waals surface area contributed by atoms with Crippen molar-refractivity contribution < 1.29 is 28.6 Å². The Balaban J connectivity index is 4.23. The molecule has 0 bridgehead atoms. The van der Waals surface area contributed by atoms with E-state index in [0.717, 1.165) is 64.2 Å². The van der Waals surface area contributed by atoms with Gasteiger partial charge in [-0.2, -0.15) is 0 Å². The van der Waals surface area contributed by atoms with Crippen LogP contribution in [0.15, 0.2) is 36.5 Å². The molecule has 0 aliphatic heterocycles. The summed E-state index contributed by atoms with van der Waals surface area (Å²) >= 11 is 0. The van der Waals surface area contributed by atoms with Gasteiger partial charge in [-0.05, 0) is 96.3 Å². The summed E-state index contributed by atoms with van der Waals surface area (Å²) in [5.74, 6) is -0.862. The smallest absolute Gasteiger partial charge is 0.306 e. The zero-order chi connectivity index (χ0) is 53.6. The summed E-state index contributed by atoms with van der Waals surface area (Å²) in [7, 11) is 0. The van der Waals surface area contributed by atoms with Gasteiger partial charge >= 0.3 is 17.9 Å². The number of allylic oxidation sites excluding steroid dienone is 6. The minimum absolute atomic E-state index is 0.0723. The van der Waals surface area contributed by atoms with Crippen molar-refractivity contribution in [3.63, 3.8) is 0 Å². The third-order valence-electron chi connectivity index (χ3n) is 14.8. The van der Waals surface area contributed by atoms with Crippen LogP contribution in [0.25, 0.3) is 0 Å². The van der Waals surface area contributed by atoms with Crippen molar-refractivity contribution in [1.29, 1.82) is 0 Å². The van der Waals surface area contributed by atoms with E-state index in [1.54, 1.807) is 0 Å². The summed E-state index contributed by atoms with van der Waals surface area (Å²) in [5.41, 5.74) is 0. The van der Waals surface area contributed by atoms with Crippen molar-refractivity contribution in [2.75, 3.05) is 13.2 Å². The maximum atomic E-state index is 12.9. The van der Waals surface area contributed by atoms with Crippen molar-refractivity contribution >= 4 is 17.9 Å². The maximum absolute atomic E-state index is 12.9. The Morgan fingerprint density at radius 2 is 0.446 bits per heavy atom. The Bertz CT molecular complexity index is 1240. The first kappa shape index (κ1) is 71.6. The van der Waals surface area contributed by atoms with Crippen LogP contribution in [0, 0.1) is 0 Å². The zero-order valence-corrected chi connectivity index (χ0v) is 49.9. The summed E-state index contributed by atoms with van der Waals surface area (Å²) in [6.45, 7) is 6.66. The Morgan fingerprint density at radius 3 is 0.703 bits per heavy atom. The second-order valence-electron chi connectivity index (χ2n) is 22.4. The lowest BCUT2D eigenvalue weighted by Gasteiger charge is -2.18. The van der Waals surface area contributed by atoms with Crippen LogP contribution < -0.4 is 0 Å². The van der Waals surface area contributed by atoms with E-state index in [2.05, 4.69) is 57.2 Å². The van der Waals surface area contributed by atoms with Gasteiger partial charge in [0.25, 0.3) is 0 Å². The average Bonchev–Trinajstić information content (AvgIpc) is 3.40. The molecule has 0 fully saturated rings. The topological polar surface area (TPSA) is 78.9 Å². The predicted octanol–water partition coefficient (Wildman–Crippen LogP) is 22.4. The van der Waals surface area contributed by atoms with Gasteiger partial charge in [-0.1, -0.05) is 282 Å². The number of carbonyl (C=O) groups excluding carboxylic acids is 3. The monoisotopic (exact) mass is 1040 g/mol. The Morgan fingerprint density at radius 1 is 0.257 bits per heavy atom. The minimum atomic E-state index is -0.775. The SMILES string of the molecule is CCCCC/C=C\CCCCCCCC(=O)OCC(COC(=O)CCCCCCCCCCCCCCC/C=C\CCCCCCCCCC)OC(=O)CCCCCCCCCCC/C=C\CCCCCCCC. The van der Waals surface area contributed by atoms with Crippen LogP contribution in [-0.4, -0.2) is 37.2 Å². The highest BCUT2D eigenvalue weighted by Crippen LogP contribution is 2.17. The Hall–Kier alpha value is -2.37. The zero-order valence-electron chi connectivity index (χ0n) is 49.9. The van der Waals surface area contributed by atoms with E-state index < -0.39 is 6.10 Å². The van der Waals surface area contributed by atoms with Gasteiger partial charge in [0.2, 0.25) is 0 Å². The van der Waals surface area contributed by atoms with Gasteiger partial charge in [-0.15, -0.1) is 0 Å². The standard InChI is InChI=1S/C68H126O6/c1-4-7-10-13-16-19-22-25-27-29-31-32-33-34-35-36-38-39-41-43-46-49-52-55-58-61-67(70)73-64-65(63-72-66(69)60-57-54-51-48-45-24-21-18-15-12-9-6-3)74-68(71)62-59-56-53-50-47-44-42-40-37-30-28-26-23-20-17-14-11-8-5-2/h18,21,26,28-29,31,65H,4-17,19-20,22-25,27,30,32-64H2,1-3H3/b21-18-,28-26-,31-29-. The lowest BCUT2D eigenvalue weighted by molar-refractivity contribution is -0.167. The van der Waals surface area contributed by atoms with Gasteiger partial charge in [0.15, 0.2) is 6.10 Å². The van der Waals surface area contributed by atoms with Crippen molar-refractivity contribution in [2.45, 2.75) is 367 Å². The molecule has 0 aromatic rings. The van der Waals surface area contributed by atoms with Gasteiger partial charge in [-0.3, -0.25) is 14.4 Å². The third kappa shape index (κ3) is 60.5. The molecule has 0 saturated carbocycles. The highest BCUT2D eigenvalue weighted by Gasteiger charge is 2.19. The molecule has 6 heteroatoms. The van der Waals surface area contributed by atoms with Crippen LogP contribution in [0.5, 0.6) is 0 Å². The van der Waals surface area contributed by atoms with Crippen LogP contribution in [0.3, 0.4) is 0 Å². The number of rotatable bonds is 61.